The highest BCUT2D eigenvalue weighted by molar-refractivity contribution is 7.62. The Bertz CT molecular complexity index is 1170. The van der Waals surface area contributed by atoms with Crippen LogP contribution in [-0.4, -0.2) is 30.5 Å². The maximum Gasteiger partial charge on any atom is 0.258 e. The van der Waals surface area contributed by atoms with Crippen molar-refractivity contribution in [2.24, 2.45) is 38.5 Å². The first kappa shape index (κ1) is 27.3. The highest BCUT2D eigenvalue weighted by Gasteiger charge is 2.59. The molecular weight excluding hydrogens is 519 g/mol. The van der Waals surface area contributed by atoms with Gasteiger partial charge in [0, 0.05) is 17.9 Å². The molecule has 2 heterocycles. The second-order valence-electron chi connectivity index (χ2n) is 13.9. The van der Waals surface area contributed by atoms with Gasteiger partial charge in [0.05, 0.1) is 0 Å². The zero-order valence-corrected chi connectivity index (χ0v) is 26.6. The van der Waals surface area contributed by atoms with Crippen LogP contribution in [0.2, 0.25) is 16.6 Å². The van der Waals surface area contributed by atoms with Crippen LogP contribution < -0.4 is 0 Å². The van der Waals surface area contributed by atoms with E-state index in [1.54, 1.807) is 11.7 Å². The lowest BCUT2D eigenvalue weighted by Gasteiger charge is -2.58. The Morgan fingerprint density at radius 3 is 1.97 bits per heavy atom. The number of nitrogens with zero attached hydrogens (tertiary/aromatic N) is 4. The molecule has 6 nitrogen and oxygen atoms in total. The van der Waals surface area contributed by atoms with Crippen LogP contribution in [0.3, 0.4) is 0 Å². The molecule has 1 unspecified atom stereocenters. The Morgan fingerprint density at radius 1 is 0.949 bits per heavy atom. The molecule has 6 aliphatic rings. The third-order valence-electron chi connectivity index (χ3n) is 10.4. The van der Waals surface area contributed by atoms with Crippen molar-refractivity contribution in [3.63, 3.8) is 0 Å². The van der Waals surface area contributed by atoms with Crippen LogP contribution in [0, 0.1) is 23.2 Å². The number of carbonyl (C=O) groups excluding carboxylic acids is 1. The molecule has 0 N–H and O–H groups in total. The molecule has 0 aromatic heterocycles. The number of amides is 1. The fourth-order valence-electron chi connectivity index (χ4n) is 9.38. The van der Waals surface area contributed by atoms with Gasteiger partial charge in [-0.1, -0.05) is 71.9 Å². The minimum absolute atomic E-state index is 0.0230. The molecule has 0 saturated heterocycles. The summed E-state index contributed by atoms with van der Waals surface area (Å²) < 4.78 is 9.49. The number of allylic oxidation sites excluding steroid dienone is 1. The fourth-order valence-corrected chi connectivity index (χ4v) is 17.2. The van der Waals surface area contributed by atoms with Crippen molar-refractivity contribution in [2.45, 2.75) is 109 Å². The third-order valence-corrected chi connectivity index (χ3v) is 18.7. The number of fused-ring (bicyclic) bond motifs is 1. The summed E-state index contributed by atoms with van der Waals surface area (Å²) in [6, 6.07) is 10.2. The molecule has 39 heavy (non-hydrogen) atoms. The predicted molar refractivity (Wildman–Crippen MR) is 161 cm³/mol. The lowest BCUT2D eigenvalue weighted by atomic mass is 9.49. The van der Waals surface area contributed by atoms with Crippen molar-refractivity contribution in [1.29, 1.82) is 0 Å². The van der Waals surface area contributed by atoms with Crippen LogP contribution in [0.1, 0.15) is 92.6 Å². The number of hydrogen-bond acceptors (Lipinski definition) is 5. The molecule has 0 radical (unpaired) electrons. The van der Waals surface area contributed by atoms with Crippen LogP contribution in [-0.2, 0) is 9.22 Å². The Hall–Kier alpha value is -1.85. The summed E-state index contributed by atoms with van der Waals surface area (Å²) in [6.07, 6.45) is 7.74. The van der Waals surface area contributed by atoms with Gasteiger partial charge in [0.25, 0.3) is 8.32 Å². The molecule has 0 spiro atoms. The van der Waals surface area contributed by atoms with Crippen molar-refractivity contribution < 1.29 is 9.22 Å². The molecule has 4 fully saturated rings. The maximum absolute atomic E-state index is 13.1. The number of hydrazone groups is 1. The minimum atomic E-state index is -2.27. The van der Waals surface area contributed by atoms with Crippen molar-refractivity contribution in [2.75, 3.05) is 0 Å². The van der Waals surface area contributed by atoms with Crippen LogP contribution in [0.5, 0.6) is 0 Å². The zero-order valence-electron chi connectivity index (χ0n) is 24.7. The molecule has 4 saturated carbocycles. The molecule has 4 aliphatic carbocycles. The highest BCUT2D eigenvalue weighted by Crippen LogP contribution is 2.70. The van der Waals surface area contributed by atoms with E-state index in [0.717, 1.165) is 40.2 Å². The number of hydrogen-bond donors (Lipinski definition) is 0. The first-order valence-corrected chi connectivity index (χ1v) is 18.6. The summed E-state index contributed by atoms with van der Waals surface area (Å²) >= 11 is 0. The van der Waals surface area contributed by atoms with Crippen LogP contribution in [0.4, 0.5) is 0 Å². The molecule has 1 amide bonds. The monoisotopic (exact) mass is 564 g/mol. The summed E-state index contributed by atoms with van der Waals surface area (Å²) in [5, 5.41) is 14.8. The standard InChI is InChI=1S/C31H45N4O2PSi/c1-19(2)39(20(3)4,21(5)6)37-28(31-16-23-13-24(17-31)15-25(14-23)18-31)30-33-32-29-27(26-11-9-8-10-12-26)34-35(22(7)36)38(29)30/h8-12,19-21,23-25,29H,13-18H2,1-7H3/b30-28+/t23?,24?,25?,29-,31?,38?/m1/s1. The minimum Gasteiger partial charge on any atom is -0.544 e. The van der Waals surface area contributed by atoms with E-state index in [-0.39, 0.29) is 17.1 Å². The first-order valence-electron chi connectivity index (χ1n) is 15.1. The average Bonchev–Trinajstić information content (AvgIpc) is 3.44. The lowest BCUT2D eigenvalue weighted by molar-refractivity contribution is -0.124. The molecule has 8 heteroatoms. The van der Waals surface area contributed by atoms with Gasteiger partial charge >= 0.3 is 0 Å². The van der Waals surface area contributed by atoms with E-state index >= 15 is 0 Å². The van der Waals surface area contributed by atoms with Gasteiger partial charge in [-0.3, -0.25) is 4.79 Å². The van der Waals surface area contributed by atoms with E-state index in [1.807, 2.05) is 18.2 Å². The molecule has 210 valence electrons. The smallest absolute Gasteiger partial charge is 0.258 e. The van der Waals surface area contributed by atoms with E-state index in [0.29, 0.717) is 16.6 Å². The second kappa shape index (κ2) is 9.90. The van der Waals surface area contributed by atoms with Gasteiger partial charge in [0.1, 0.15) is 25.0 Å². The third kappa shape index (κ3) is 4.29. The second-order valence-corrected chi connectivity index (χ2v) is 21.2. The lowest BCUT2D eigenvalue weighted by Crippen LogP contribution is -2.53. The molecule has 1 aromatic rings. The molecule has 2 atom stereocenters. The van der Waals surface area contributed by atoms with Gasteiger partial charge < -0.3 is 4.43 Å². The summed E-state index contributed by atoms with van der Waals surface area (Å²) in [5.41, 5.74) is 4.26. The van der Waals surface area contributed by atoms with E-state index < -0.39 is 16.4 Å². The predicted octanol–water partition coefficient (Wildman–Crippen LogP) is 9.02. The summed E-state index contributed by atoms with van der Waals surface area (Å²) in [7, 11) is -3.48. The molecule has 7 rings (SSSR count). The van der Waals surface area contributed by atoms with Gasteiger partial charge in [-0.2, -0.15) is 10.2 Å². The number of rotatable bonds is 7. The first-order chi connectivity index (χ1) is 18.6. The zero-order chi connectivity index (χ0) is 27.7. The van der Waals surface area contributed by atoms with E-state index in [4.69, 9.17) is 19.8 Å². The Morgan fingerprint density at radius 2 is 1.49 bits per heavy atom. The fraction of sp³-hybridized carbons (Fsp3) is 0.677. The molecular formula is C31H45N4O2PSi. The van der Waals surface area contributed by atoms with E-state index in [2.05, 4.69) is 53.7 Å². The molecule has 2 aliphatic heterocycles. The number of benzene rings is 1. The van der Waals surface area contributed by atoms with Gasteiger partial charge in [-0.05, 0) is 72.9 Å². The highest BCUT2D eigenvalue weighted by atomic mass is 31.1. The largest absolute Gasteiger partial charge is 0.544 e. The number of azo groups is 1. The van der Waals surface area contributed by atoms with Crippen molar-refractivity contribution >= 4 is 28.0 Å². The Balaban J connectivity index is 1.52. The quantitative estimate of drug-likeness (QED) is 0.188. The van der Waals surface area contributed by atoms with E-state index in [9.17, 15) is 4.79 Å². The summed E-state index contributed by atoms with van der Waals surface area (Å²) in [6.45, 7) is 15.8. The summed E-state index contributed by atoms with van der Waals surface area (Å²) in [5.74, 6) is 3.24. The Kier molecular flexibility index (Phi) is 6.94. The summed E-state index contributed by atoms with van der Waals surface area (Å²) in [4.78, 5) is 13.1. The number of carbonyl (C=O) groups is 1. The van der Waals surface area contributed by atoms with E-state index in [1.165, 1.54) is 38.5 Å². The van der Waals surface area contributed by atoms with Gasteiger partial charge in [-0.25, -0.2) is 4.78 Å². The van der Waals surface area contributed by atoms with Crippen molar-refractivity contribution in [3.05, 3.63) is 47.1 Å². The molecule has 1 aromatic carbocycles. The topological polar surface area (TPSA) is 66.6 Å². The molecule has 4 bridgehead atoms. The van der Waals surface area contributed by atoms with Gasteiger partial charge in [0.15, 0.2) is 5.78 Å². The van der Waals surface area contributed by atoms with Crippen molar-refractivity contribution in [3.8, 4) is 0 Å². The van der Waals surface area contributed by atoms with Gasteiger partial charge in [-0.15, -0.1) is 5.11 Å². The van der Waals surface area contributed by atoms with Crippen LogP contribution in [0.25, 0.3) is 0 Å². The maximum atomic E-state index is 13.1. The van der Waals surface area contributed by atoms with Crippen molar-refractivity contribution in [1.82, 2.24) is 4.78 Å². The normalized spacial score (nSPS) is 34.4. The van der Waals surface area contributed by atoms with Crippen LogP contribution in [0.15, 0.2) is 56.9 Å². The van der Waals surface area contributed by atoms with Crippen LogP contribution >= 0.6 is 8.07 Å². The SMILES string of the molecule is CC(=O)N1N=C(c2ccccc2)[C@@H]2N=N/C(=C(\O[Si](C(C)C)(C(C)C)C(C)C)C34CC5CC(CC(C5)C3)C4)P21. The Labute approximate surface area is 236 Å². The van der Waals surface area contributed by atoms with Gasteiger partial charge in [0.2, 0.25) is 5.91 Å². The average molecular weight is 565 g/mol.